The molecule has 0 N–H and O–H groups in total. The molecule has 0 saturated carbocycles. The van der Waals surface area contributed by atoms with Crippen LogP contribution in [0.3, 0.4) is 0 Å². The summed E-state index contributed by atoms with van der Waals surface area (Å²) in [5.41, 5.74) is 2.32. The molecule has 72 valence electrons. The van der Waals surface area contributed by atoms with E-state index in [1.165, 1.54) is 5.56 Å². The normalized spacial score (nSPS) is 10.8. The molecule has 1 nitrogen and oxygen atoms in total. The summed E-state index contributed by atoms with van der Waals surface area (Å²) >= 11 is 6.07. The van der Waals surface area contributed by atoms with Crippen molar-refractivity contribution in [1.29, 1.82) is 0 Å². The van der Waals surface area contributed by atoms with E-state index >= 15 is 0 Å². The lowest BCUT2D eigenvalue weighted by Crippen LogP contribution is -1.92. The largest absolute Gasteiger partial charge is 0.380 e. The molecule has 0 spiro atoms. The zero-order valence-corrected chi connectivity index (χ0v) is 9.06. The van der Waals surface area contributed by atoms with Crippen molar-refractivity contribution in [2.24, 2.45) is 0 Å². The fraction of sp³-hybridized carbons (Fsp3) is 0.455. The lowest BCUT2D eigenvalue weighted by molar-refractivity contribution is 0.185. The second-order valence-electron chi connectivity index (χ2n) is 3.44. The molecule has 0 fully saturated rings. The Labute approximate surface area is 84.7 Å². The van der Waals surface area contributed by atoms with Gasteiger partial charge in [0.25, 0.3) is 0 Å². The molecule has 0 unspecified atom stereocenters. The summed E-state index contributed by atoms with van der Waals surface area (Å²) in [6.45, 7) is 4.89. The summed E-state index contributed by atoms with van der Waals surface area (Å²) in [6, 6.07) is 6.15. The van der Waals surface area contributed by atoms with E-state index in [2.05, 4.69) is 19.9 Å². The second kappa shape index (κ2) is 4.64. The highest BCUT2D eigenvalue weighted by molar-refractivity contribution is 6.31. The molecule has 1 rings (SSSR count). The third-order valence-electron chi connectivity index (χ3n) is 2.04. The minimum absolute atomic E-state index is 0.522. The van der Waals surface area contributed by atoms with Crippen LogP contribution < -0.4 is 0 Å². The molecule has 0 aromatic heterocycles. The first kappa shape index (κ1) is 10.6. The van der Waals surface area contributed by atoms with Crippen LogP contribution in [0.1, 0.15) is 30.9 Å². The van der Waals surface area contributed by atoms with Gasteiger partial charge in [0, 0.05) is 12.1 Å². The minimum Gasteiger partial charge on any atom is -0.380 e. The standard InChI is InChI=1S/C11H15ClO/c1-8(2)9-4-5-10(7-13-3)11(12)6-9/h4-6,8H,7H2,1-3H3. The lowest BCUT2D eigenvalue weighted by atomic mass is 10.0. The van der Waals surface area contributed by atoms with Crippen LogP contribution >= 0.6 is 11.6 Å². The number of benzene rings is 1. The Hall–Kier alpha value is -0.530. The van der Waals surface area contributed by atoms with Gasteiger partial charge in [0.05, 0.1) is 6.61 Å². The Balaban J connectivity index is 2.92. The molecule has 2 heteroatoms. The monoisotopic (exact) mass is 198 g/mol. The molecule has 0 aliphatic rings. The van der Waals surface area contributed by atoms with E-state index in [1.54, 1.807) is 7.11 Å². The van der Waals surface area contributed by atoms with Gasteiger partial charge in [-0.15, -0.1) is 0 Å². The van der Waals surface area contributed by atoms with Crippen LogP contribution in [0.5, 0.6) is 0 Å². The van der Waals surface area contributed by atoms with E-state index in [0.29, 0.717) is 12.5 Å². The van der Waals surface area contributed by atoms with E-state index in [1.807, 2.05) is 12.1 Å². The molecule has 0 radical (unpaired) electrons. The Morgan fingerprint density at radius 3 is 2.54 bits per heavy atom. The van der Waals surface area contributed by atoms with Crippen LogP contribution in [-0.2, 0) is 11.3 Å². The van der Waals surface area contributed by atoms with Gasteiger partial charge < -0.3 is 4.74 Å². The first-order valence-electron chi connectivity index (χ1n) is 4.42. The third kappa shape index (κ3) is 2.71. The predicted molar refractivity (Wildman–Crippen MR) is 56.3 cm³/mol. The Morgan fingerprint density at radius 1 is 1.38 bits per heavy atom. The van der Waals surface area contributed by atoms with Gasteiger partial charge in [-0.25, -0.2) is 0 Å². The summed E-state index contributed by atoms with van der Waals surface area (Å²) < 4.78 is 5.02. The van der Waals surface area contributed by atoms with Crippen molar-refractivity contribution < 1.29 is 4.74 Å². The average Bonchev–Trinajstić information content (AvgIpc) is 2.08. The van der Waals surface area contributed by atoms with Crippen LogP contribution in [-0.4, -0.2) is 7.11 Å². The zero-order valence-electron chi connectivity index (χ0n) is 8.30. The molecule has 1 aromatic carbocycles. The van der Waals surface area contributed by atoms with Crippen molar-refractivity contribution in [2.45, 2.75) is 26.4 Å². The second-order valence-corrected chi connectivity index (χ2v) is 3.85. The predicted octanol–water partition coefficient (Wildman–Crippen LogP) is 3.61. The number of methoxy groups -OCH3 is 1. The molecule has 0 amide bonds. The van der Waals surface area contributed by atoms with E-state index in [4.69, 9.17) is 16.3 Å². The highest BCUT2D eigenvalue weighted by Crippen LogP contribution is 2.23. The maximum atomic E-state index is 6.07. The molecule has 0 heterocycles. The van der Waals surface area contributed by atoms with Gasteiger partial charge >= 0.3 is 0 Å². The van der Waals surface area contributed by atoms with Crippen molar-refractivity contribution in [2.75, 3.05) is 7.11 Å². The molecule has 0 aliphatic heterocycles. The SMILES string of the molecule is COCc1ccc(C(C)C)cc1Cl. The van der Waals surface area contributed by atoms with Gasteiger partial charge in [0.2, 0.25) is 0 Å². The molecule has 13 heavy (non-hydrogen) atoms. The van der Waals surface area contributed by atoms with Crippen LogP contribution in [0.25, 0.3) is 0 Å². The Kier molecular flexibility index (Phi) is 3.76. The highest BCUT2D eigenvalue weighted by atomic mass is 35.5. The number of halogens is 1. The summed E-state index contributed by atoms with van der Waals surface area (Å²) in [5.74, 6) is 0.522. The maximum absolute atomic E-state index is 6.07. The van der Waals surface area contributed by atoms with Gasteiger partial charge in [-0.05, 0) is 23.1 Å². The van der Waals surface area contributed by atoms with E-state index in [-0.39, 0.29) is 0 Å². The zero-order chi connectivity index (χ0) is 9.84. The summed E-state index contributed by atoms with van der Waals surface area (Å²) in [7, 11) is 1.67. The van der Waals surface area contributed by atoms with E-state index in [0.717, 1.165) is 10.6 Å². The fourth-order valence-corrected chi connectivity index (χ4v) is 1.44. The molecule has 0 atom stereocenters. The van der Waals surface area contributed by atoms with Crippen molar-refractivity contribution in [3.05, 3.63) is 34.3 Å². The fourth-order valence-electron chi connectivity index (χ4n) is 1.20. The van der Waals surface area contributed by atoms with E-state index in [9.17, 15) is 0 Å². The topological polar surface area (TPSA) is 9.23 Å². The van der Waals surface area contributed by atoms with Crippen LogP contribution in [0.4, 0.5) is 0 Å². The number of rotatable bonds is 3. The molecular formula is C11H15ClO. The number of hydrogen-bond donors (Lipinski definition) is 0. The maximum Gasteiger partial charge on any atom is 0.0727 e. The average molecular weight is 199 g/mol. The van der Waals surface area contributed by atoms with Crippen molar-refractivity contribution in [3.63, 3.8) is 0 Å². The van der Waals surface area contributed by atoms with Crippen LogP contribution in [0.2, 0.25) is 5.02 Å². The van der Waals surface area contributed by atoms with Crippen LogP contribution in [0, 0.1) is 0 Å². The first-order chi connectivity index (χ1) is 6.15. The number of ether oxygens (including phenoxy) is 1. The molecule has 0 bridgehead atoms. The van der Waals surface area contributed by atoms with Gasteiger partial charge in [0.1, 0.15) is 0 Å². The van der Waals surface area contributed by atoms with Crippen molar-refractivity contribution in [1.82, 2.24) is 0 Å². The Morgan fingerprint density at radius 2 is 2.08 bits per heavy atom. The van der Waals surface area contributed by atoms with E-state index < -0.39 is 0 Å². The molecular weight excluding hydrogens is 184 g/mol. The lowest BCUT2D eigenvalue weighted by Gasteiger charge is -2.08. The van der Waals surface area contributed by atoms with Gasteiger partial charge in [0.15, 0.2) is 0 Å². The smallest absolute Gasteiger partial charge is 0.0727 e. The minimum atomic E-state index is 0.522. The quantitative estimate of drug-likeness (QED) is 0.721. The summed E-state index contributed by atoms with van der Waals surface area (Å²) in [5, 5.41) is 0.799. The molecule has 1 aromatic rings. The van der Waals surface area contributed by atoms with Gasteiger partial charge in [-0.3, -0.25) is 0 Å². The van der Waals surface area contributed by atoms with Gasteiger partial charge in [-0.2, -0.15) is 0 Å². The molecule has 0 aliphatic carbocycles. The third-order valence-corrected chi connectivity index (χ3v) is 2.40. The molecule has 0 saturated heterocycles. The van der Waals surface area contributed by atoms with Crippen molar-refractivity contribution >= 4 is 11.6 Å². The first-order valence-corrected chi connectivity index (χ1v) is 4.80. The summed E-state index contributed by atoms with van der Waals surface area (Å²) in [6.07, 6.45) is 0. The Bertz CT molecular complexity index is 281. The van der Waals surface area contributed by atoms with Crippen LogP contribution in [0.15, 0.2) is 18.2 Å². The highest BCUT2D eigenvalue weighted by Gasteiger charge is 2.03. The van der Waals surface area contributed by atoms with Crippen molar-refractivity contribution in [3.8, 4) is 0 Å². The number of hydrogen-bond acceptors (Lipinski definition) is 1. The summed E-state index contributed by atoms with van der Waals surface area (Å²) in [4.78, 5) is 0. The van der Waals surface area contributed by atoms with Gasteiger partial charge in [-0.1, -0.05) is 37.6 Å².